The molecule has 14 heavy (non-hydrogen) atoms. The fourth-order valence-corrected chi connectivity index (χ4v) is 1.27. The van der Waals surface area contributed by atoms with Crippen molar-refractivity contribution in [3.8, 4) is 0 Å². The summed E-state index contributed by atoms with van der Waals surface area (Å²) in [6, 6.07) is 1.94. The quantitative estimate of drug-likeness (QED) is 0.524. The van der Waals surface area contributed by atoms with Crippen LogP contribution in [0.4, 0.5) is 0 Å². The Balaban J connectivity index is 2.54. The number of aromatic nitrogens is 3. The van der Waals surface area contributed by atoms with Gasteiger partial charge in [0.1, 0.15) is 6.29 Å². The smallest absolute Gasteiger partial charge is 0.177 e. The molecule has 4 nitrogen and oxygen atoms in total. The van der Waals surface area contributed by atoms with Crippen molar-refractivity contribution in [3.05, 3.63) is 30.2 Å². The Labute approximate surface area is 80.9 Å². The normalized spacial score (nSPS) is 11.2. The summed E-state index contributed by atoms with van der Waals surface area (Å²) in [4.78, 5) is 18.4. The van der Waals surface area contributed by atoms with Gasteiger partial charge in [0.05, 0.1) is 11.8 Å². The van der Waals surface area contributed by atoms with Gasteiger partial charge >= 0.3 is 0 Å². The second-order valence-electron chi connectivity index (χ2n) is 2.96. The number of nitrogens with zero attached hydrogens (tertiary/aromatic N) is 3. The van der Waals surface area contributed by atoms with Crippen LogP contribution in [0.1, 0.15) is 5.56 Å². The molecule has 0 saturated heterocycles. The summed E-state index contributed by atoms with van der Waals surface area (Å²) in [7, 11) is 1.91. The third-order valence-corrected chi connectivity index (χ3v) is 1.97. The topological polar surface area (TPSA) is 47.8 Å². The van der Waals surface area contributed by atoms with Gasteiger partial charge in [0.15, 0.2) is 5.65 Å². The van der Waals surface area contributed by atoms with Gasteiger partial charge in [0.2, 0.25) is 0 Å². The number of aldehydes is 1. The van der Waals surface area contributed by atoms with E-state index >= 15 is 0 Å². The zero-order valence-electron chi connectivity index (χ0n) is 7.71. The van der Waals surface area contributed by atoms with E-state index in [1.165, 1.54) is 6.08 Å². The Morgan fingerprint density at radius 1 is 1.43 bits per heavy atom. The number of rotatable bonds is 2. The summed E-state index contributed by atoms with van der Waals surface area (Å²) in [5.74, 6) is 0. The average Bonchev–Trinajstić information content (AvgIpc) is 2.57. The molecule has 0 atom stereocenters. The number of aryl methyl sites for hydroxylation is 1. The number of allylic oxidation sites excluding steroid dienone is 1. The Morgan fingerprint density at radius 2 is 2.29 bits per heavy atom. The zero-order valence-corrected chi connectivity index (χ0v) is 7.71. The lowest BCUT2D eigenvalue weighted by Crippen LogP contribution is -1.86. The predicted octanol–water partition coefficient (Wildman–Crippen LogP) is 1.18. The average molecular weight is 187 g/mol. The van der Waals surface area contributed by atoms with E-state index in [4.69, 9.17) is 0 Å². The molecule has 0 aliphatic heterocycles. The number of fused-ring (bicyclic) bond motifs is 1. The minimum atomic E-state index is 0.718. The first-order valence-electron chi connectivity index (χ1n) is 4.20. The zero-order chi connectivity index (χ0) is 9.97. The van der Waals surface area contributed by atoms with Crippen molar-refractivity contribution >= 4 is 23.5 Å². The van der Waals surface area contributed by atoms with Gasteiger partial charge in [-0.25, -0.2) is 9.97 Å². The SMILES string of the molecule is Cn1cnc2ncc(/C=C/C=O)cc21. The maximum absolute atomic E-state index is 10.1. The first kappa shape index (κ1) is 8.62. The van der Waals surface area contributed by atoms with Crippen LogP contribution in [0.3, 0.4) is 0 Å². The Hall–Kier alpha value is -1.97. The van der Waals surface area contributed by atoms with Crippen molar-refractivity contribution in [1.82, 2.24) is 14.5 Å². The molecule has 0 spiro atoms. The first-order chi connectivity index (χ1) is 6.81. The van der Waals surface area contributed by atoms with E-state index in [0.717, 1.165) is 23.0 Å². The molecule has 70 valence electrons. The Morgan fingerprint density at radius 3 is 3.07 bits per heavy atom. The second-order valence-corrected chi connectivity index (χ2v) is 2.96. The van der Waals surface area contributed by atoms with Gasteiger partial charge in [-0.3, -0.25) is 4.79 Å². The van der Waals surface area contributed by atoms with Crippen molar-refractivity contribution in [1.29, 1.82) is 0 Å². The Bertz CT molecular complexity index is 499. The highest BCUT2D eigenvalue weighted by Crippen LogP contribution is 2.11. The number of pyridine rings is 1. The van der Waals surface area contributed by atoms with Gasteiger partial charge in [-0.2, -0.15) is 0 Å². The fourth-order valence-electron chi connectivity index (χ4n) is 1.27. The van der Waals surface area contributed by atoms with Crippen molar-refractivity contribution in [3.63, 3.8) is 0 Å². The molecule has 2 heterocycles. The highest BCUT2D eigenvalue weighted by molar-refractivity contribution is 5.78. The Kier molecular flexibility index (Phi) is 2.10. The van der Waals surface area contributed by atoms with E-state index in [1.54, 1.807) is 18.6 Å². The summed E-state index contributed by atoms with van der Waals surface area (Å²) in [5, 5.41) is 0. The first-order valence-corrected chi connectivity index (χ1v) is 4.20. The number of carbonyl (C=O) groups excluding carboxylic acids is 1. The molecule has 0 aliphatic carbocycles. The molecule has 0 bridgehead atoms. The molecule has 0 radical (unpaired) electrons. The monoisotopic (exact) mass is 187 g/mol. The lowest BCUT2D eigenvalue weighted by atomic mass is 10.2. The van der Waals surface area contributed by atoms with E-state index in [2.05, 4.69) is 9.97 Å². The molecule has 0 N–H and O–H groups in total. The summed E-state index contributed by atoms with van der Waals surface area (Å²) in [5.41, 5.74) is 2.57. The summed E-state index contributed by atoms with van der Waals surface area (Å²) in [6.45, 7) is 0. The van der Waals surface area contributed by atoms with E-state index in [9.17, 15) is 4.79 Å². The molecule has 0 amide bonds. The summed E-state index contributed by atoms with van der Waals surface area (Å²) in [6.07, 6.45) is 7.30. The summed E-state index contributed by atoms with van der Waals surface area (Å²) < 4.78 is 1.89. The third kappa shape index (κ3) is 1.42. The lowest BCUT2D eigenvalue weighted by Gasteiger charge is -1.95. The number of hydrogen-bond acceptors (Lipinski definition) is 3. The largest absolute Gasteiger partial charge is 0.332 e. The molecule has 2 rings (SSSR count). The molecule has 2 aromatic heterocycles. The van der Waals surface area contributed by atoms with Gasteiger partial charge in [0.25, 0.3) is 0 Å². The molecule has 2 aromatic rings. The van der Waals surface area contributed by atoms with Crippen LogP contribution in [0.25, 0.3) is 17.2 Å². The number of imidazole rings is 1. The maximum atomic E-state index is 10.1. The molecule has 0 saturated carbocycles. The van der Waals surface area contributed by atoms with Crippen molar-refractivity contribution < 1.29 is 4.79 Å². The van der Waals surface area contributed by atoms with Crippen LogP contribution in [0.15, 0.2) is 24.7 Å². The van der Waals surface area contributed by atoms with E-state index in [0.29, 0.717) is 0 Å². The van der Waals surface area contributed by atoms with E-state index in [-0.39, 0.29) is 0 Å². The van der Waals surface area contributed by atoms with Crippen LogP contribution in [-0.2, 0) is 11.8 Å². The highest BCUT2D eigenvalue weighted by atomic mass is 16.1. The highest BCUT2D eigenvalue weighted by Gasteiger charge is 1.99. The summed E-state index contributed by atoms with van der Waals surface area (Å²) >= 11 is 0. The van der Waals surface area contributed by atoms with E-state index in [1.807, 2.05) is 17.7 Å². The minimum Gasteiger partial charge on any atom is -0.332 e. The van der Waals surface area contributed by atoms with Crippen molar-refractivity contribution in [2.75, 3.05) is 0 Å². The van der Waals surface area contributed by atoms with Crippen LogP contribution in [0.2, 0.25) is 0 Å². The van der Waals surface area contributed by atoms with Gasteiger partial charge in [-0.05, 0) is 17.7 Å². The second kappa shape index (κ2) is 3.41. The van der Waals surface area contributed by atoms with E-state index < -0.39 is 0 Å². The van der Waals surface area contributed by atoms with Gasteiger partial charge in [0, 0.05) is 13.2 Å². The predicted molar refractivity (Wildman–Crippen MR) is 53.6 cm³/mol. The number of carbonyl (C=O) groups is 1. The fraction of sp³-hybridized carbons (Fsp3) is 0.100. The van der Waals surface area contributed by atoms with Crippen LogP contribution in [-0.4, -0.2) is 20.8 Å². The molecular formula is C10H9N3O. The number of hydrogen-bond donors (Lipinski definition) is 0. The minimum absolute atomic E-state index is 0.718. The van der Waals surface area contributed by atoms with Gasteiger partial charge in [-0.1, -0.05) is 6.08 Å². The molecule has 0 fully saturated rings. The lowest BCUT2D eigenvalue weighted by molar-refractivity contribution is -0.104. The third-order valence-electron chi connectivity index (χ3n) is 1.97. The molecule has 4 heteroatoms. The van der Waals surface area contributed by atoms with Gasteiger partial charge in [-0.15, -0.1) is 0 Å². The van der Waals surface area contributed by atoms with Crippen LogP contribution in [0, 0.1) is 0 Å². The standard InChI is InChI=1S/C10H9N3O/c1-13-7-12-10-9(13)5-8(6-11-10)3-2-4-14/h2-7H,1H3/b3-2+. The molecule has 0 aromatic carbocycles. The molecular weight excluding hydrogens is 178 g/mol. The van der Waals surface area contributed by atoms with Crippen molar-refractivity contribution in [2.24, 2.45) is 7.05 Å². The maximum Gasteiger partial charge on any atom is 0.177 e. The van der Waals surface area contributed by atoms with Gasteiger partial charge < -0.3 is 4.57 Å². The van der Waals surface area contributed by atoms with Crippen molar-refractivity contribution in [2.45, 2.75) is 0 Å². The van der Waals surface area contributed by atoms with Crippen LogP contribution < -0.4 is 0 Å². The molecule has 0 aliphatic rings. The van der Waals surface area contributed by atoms with Crippen LogP contribution >= 0.6 is 0 Å². The van der Waals surface area contributed by atoms with Crippen LogP contribution in [0.5, 0.6) is 0 Å². The molecule has 0 unspecified atom stereocenters.